The minimum atomic E-state index is 0.586. The quantitative estimate of drug-likeness (QED) is 0.747. The molecule has 1 rings (SSSR count). The van der Waals surface area contributed by atoms with Gasteiger partial charge in [0.25, 0.3) is 0 Å². The molecule has 0 aromatic carbocycles. The van der Waals surface area contributed by atoms with Crippen LogP contribution in [0.2, 0.25) is 0 Å². The van der Waals surface area contributed by atoms with Crippen LogP contribution in [0.25, 0.3) is 0 Å². The van der Waals surface area contributed by atoms with Crippen molar-refractivity contribution in [3.8, 4) is 0 Å². The molecule has 0 aliphatic rings. The van der Waals surface area contributed by atoms with Gasteiger partial charge < -0.3 is 10.2 Å². The van der Waals surface area contributed by atoms with Gasteiger partial charge in [-0.15, -0.1) is 11.3 Å². The third-order valence-corrected chi connectivity index (χ3v) is 4.21. The fraction of sp³-hybridized carbons (Fsp3) is 0.786. The van der Waals surface area contributed by atoms with Gasteiger partial charge in [0, 0.05) is 23.7 Å². The predicted octanol–water partition coefficient (Wildman–Crippen LogP) is 3.05. The maximum Gasteiger partial charge on any atom is 0.0897 e. The number of thiazole rings is 1. The van der Waals surface area contributed by atoms with Crippen molar-refractivity contribution < 1.29 is 0 Å². The zero-order valence-electron chi connectivity index (χ0n) is 12.2. The molecule has 1 unspecified atom stereocenters. The zero-order valence-corrected chi connectivity index (χ0v) is 13.0. The minimum Gasteiger partial charge on any atom is -0.309 e. The van der Waals surface area contributed by atoms with E-state index >= 15 is 0 Å². The van der Waals surface area contributed by atoms with Gasteiger partial charge in [-0.2, -0.15) is 0 Å². The molecule has 4 heteroatoms. The van der Waals surface area contributed by atoms with Crippen molar-refractivity contribution in [3.05, 3.63) is 16.1 Å². The molecule has 18 heavy (non-hydrogen) atoms. The van der Waals surface area contributed by atoms with Crippen LogP contribution < -0.4 is 5.32 Å². The van der Waals surface area contributed by atoms with E-state index < -0.39 is 0 Å². The molecule has 0 saturated carbocycles. The standard InChI is InChI=1S/C14H27N3S/c1-5-17(6-2)9-7-8-12(3)15-10-14-11-16-13(4)18-14/h11-12,15H,5-10H2,1-4H3. The lowest BCUT2D eigenvalue weighted by atomic mass is 10.1. The molecule has 0 spiro atoms. The number of nitrogens with one attached hydrogen (secondary N) is 1. The van der Waals surface area contributed by atoms with Crippen LogP contribution in [0.3, 0.4) is 0 Å². The number of hydrogen-bond donors (Lipinski definition) is 1. The molecule has 0 saturated heterocycles. The van der Waals surface area contributed by atoms with Gasteiger partial charge in [-0.1, -0.05) is 13.8 Å². The average Bonchev–Trinajstić information content (AvgIpc) is 2.78. The van der Waals surface area contributed by atoms with Crippen molar-refractivity contribution in [1.29, 1.82) is 0 Å². The SMILES string of the molecule is CCN(CC)CCCC(C)NCc1cnc(C)s1. The second kappa shape index (κ2) is 8.62. The lowest BCUT2D eigenvalue weighted by Gasteiger charge is -2.19. The van der Waals surface area contributed by atoms with Crippen molar-refractivity contribution >= 4 is 11.3 Å². The molecule has 3 nitrogen and oxygen atoms in total. The molecular formula is C14H27N3S. The molecule has 0 aliphatic heterocycles. The Hall–Kier alpha value is -0.450. The maximum atomic E-state index is 4.27. The lowest BCUT2D eigenvalue weighted by Crippen LogP contribution is -2.28. The van der Waals surface area contributed by atoms with Crippen molar-refractivity contribution in [2.24, 2.45) is 0 Å². The van der Waals surface area contributed by atoms with E-state index in [9.17, 15) is 0 Å². The Bertz CT molecular complexity index is 321. The second-order valence-electron chi connectivity index (χ2n) is 4.80. The summed E-state index contributed by atoms with van der Waals surface area (Å²) in [6, 6.07) is 0.586. The number of aryl methyl sites for hydroxylation is 1. The Balaban J connectivity index is 2.12. The molecule has 0 aliphatic carbocycles. The molecule has 1 aromatic rings. The van der Waals surface area contributed by atoms with E-state index in [1.807, 2.05) is 6.20 Å². The van der Waals surface area contributed by atoms with E-state index in [1.165, 1.54) is 37.4 Å². The molecule has 1 aromatic heterocycles. The highest BCUT2D eigenvalue weighted by molar-refractivity contribution is 7.11. The molecule has 0 amide bonds. The number of rotatable bonds is 9. The average molecular weight is 269 g/mol. The fourth-order valence-corrected chi connectivity index (χ4v) is 2.77. The van der Waals surface area contributed by atoms with Crippen molar-refractivity contribution in [3.63, 3.8) is 0 Å². The van der Waals surface area contributed by atoms with E-state index in [-0.39, 0.29) is 0 Å². The van der Waals surface area contributed by atoms with Crippen LogP contribution in [0.1, 0.15) is 43.5 Å². The van der Waals surface area contributed by atoms with Crippen LogP contribution in [-0.4, -0.2) is 35.6 Å². The third-order valence-electron chi connectivity index (χ3n) is 3.30. The summed E-state index contributed by atoms with van der Waals surface area (Å²) in [5.41, 5.74) is 0. The Morgan fingerprint density at radius 3 is 2.67 bits per heavy atom. The van der Waals surface area contributed by atoms with Crippen LogP contribution in [-0.2, 0) is 6.54 Å². The van der Waals surface area contributed by atoms with E-state index in [0.29, 0.717) is 6.04 Å². The van der Waals surface area contributed by atoms with Crippen LogP contribution in [0.5, 0.6) is 0 Å². The monoisotopic (exact) mass is 269 g/mol. The number of nitrogens with zero attached hydrogens (tertiary/aromatic N) is 2. The topological polar surface area (TPSA) is 28.2 Å². The first-order valence-electron chi connectivity index (χ1n) is 7.02. The smallest absolute Gasteiger partial charge is 0.0897 e. The fourth-order valence-electron chi connectivity index (χ4n) is 2.02. The molecule has 104 valence electrons. The van der Waals surface area contributed by atoms with Gasteiger partial charge in [-0.25, -0.2) is 4.98 Å². The largest absolute Gasteiger partial charge is 0.309 e. The Kier molecular flexibility index (Phi) is 7.47. The van der Waals surface area contributed by atoms with Crippen molar-refractivity contribution in [2.75, 3.05) is 19.6 Å². The molecule has 0 fully saturated rings. The highest BCUT2D eigenvalue weighted by Crippen LogP contribution is 2.11. The summed E-state index contributed by atoms with van der Waals surface area (Å²) in [6.07, 6.45) is 4.50. The number of hydrogen-bond acceptors (Lipinski definition) is 4. The van der Waals surface area contributed by atoms with Crippen molar-refractivity contribution in [2.45, 2.75) is 53.1 Å². The van der Waals surface area contributed by atoms with Crippen molar-refractivity contribution in [1.82, 2.24) is 15.2 Å². The zero-order chi connectivity index (χ0) is 13.4. The minimum absolute atomic E-state index is 0.586. The molecule has 0 bridgehead atoms. The third kappa shape index (κ3) is 5.94. The second-order valence-corrected chi connectivity index (χ2v) is 6.12. The normalized spacial score (nSPS) is 13.2. The summed E-state index contributed by atoms with van der Waals surface area (Å²) in [7, 11) is 0. The summed E-state index contributed by atoms with van der Waals surface area (Å²) in [5.74, 6) is 0. The maximum absolute atomic E-state index is 4.27. The number of aromatic nitrogens is 1. The Morgan fingerprint density at radius 1 is 1.39 bits per heavy atom. The Labute approximate surface area is 116 Å². The predicted molar refractivity (Wildman–Crippen MR) is 80.2 cm³/mol. The van der Waals surface area contributed by atoms with Gasteiger partial charge in [-0.05, 0) is 46.3 Å². The summed E-state index contributed by atoms with van der Waals surface area (Å²) in [5, 5.41) is 4.73. The van der Waals surface area contributed by atoms with Crippen LogP contribution in [0.15, 0.2) is 6.20 Å². The molecule has 1 N–H and O–H groups in total. The first-order chi connectivity index (χ1) is 8.65. The van der Waals surface area contributed by atoms with Gasteiger partial charge in [0.05, 0.1) is 5.01 Å². The first-order valence-corrected chi connectivity index (χ1v) is 7.84. The summed E-state index contributed by atoms with van der Waals surface area (Å²) in [4.78, 5) is 8.10. The van der Waals surface area contributed by atoms with E-state index in [4.69, 9.17) is 0 Å². The molecule has 1 atom stereocenters. The molecule has 0 radical (unpaired) electrons. The van der Waals surface area contributed by atoms with Gasteiger partial charge >= 0.3 is 0 Å². The summed E-state index contributed by atoms with van der Waals surface area (Å²) < 4.78 is 0. The van der Waals surface area contributed by atoms with E-state index in [1.54, 1.807) is 11.3 Å². The summed E-state index contributed by atoms with van der Waals surface area (Å²) in [6.45, 7) is 13.3. The highest BCUT2D eigenvalue weighted by atomic mass is 32.1. The van der Waals surface area contributed by atoms with Gasteiger partial charge in [0.15, 0.2) is 0 Å². The van der Waals surface area contributed by atoms with Crippen LogP contribution in [0, 0.1) is 6.92 Å². The van der Waals surface area contributed by atoms with Crippen LogP contribution >= 0.6 is 11.3 Å². The Morgan fingerprint density at radius 2 is 2.11 bits per heavy atom. The van der Waals surface area contributed by atoms with Crippen LogP contribution in [0.4, 0.5) is 0 Å². The molecular weight excluding hydrogens is 242 g/mol. The van der Waals surface area contributed by atoms with E-state index in [2.05, 4.69) is 42.9 Å². The van der Waals surface area contributed by atoms with Gasteiger partial charge in [0.2, 0.25) is 0 Å². The first kappa shape index (κ1) is 15.6. The lowest BCUT2D eigenvalue weighted by molar-refractivity contribution is 0.290. The van der Waals surface area contributed by atoms with E-state index in [0.717, 1.165) is 11.6 Å². The van der Waals surface area contributed by atoms with Gasteiger partial charge in [0.1, 0.15) is 0 Å². The molecule has 1 heterocycles. The highest BCUT2D eigenvalue weighted by Gasteiger charge is 2.05. The summed E-state index contributed by atoms with van der Waals surface area (Å²) >= 11 is 1.78. The van der Waals surface area contributed by atoms with Gasteiger partial charge in [-0.3, -0.25) is 0 Å².